The molecule has 1 atom stereocenters. The summed E-state index contributed by atoms with van der Waals surface area (Å²) in [5, 5.41) is 4.47. The Morgan fingerprint density at radius 1 is 0.971 bits per heavy atom. The van der Waals surface area contributed by atoms with Crippen LogP contribution in [0.1, 0.15) is 25.0 Å². The zero-order valence-corrected chi connectivity index (χ0v) is 20.8. The summed E-state index contributed by atoms with van der Waals surface area (Å²) in [6.45, 7) is 5.65. The number of aryl methyl sites for hydroxylation is 1. The molecule has 1 N–H and O–H groups in total. The Labute approximate surface area is 201 Å². The van der Waals surface area contributed by atoms with E-state index in [1.807, 2.05) is 62.4 Å². The molecular weight excluding hydrogens is 450 g/mol. The second kappa shape index (κ2) is 10.8. The van der Waals surface area contributed by atoms with Crippen LogP contribution in [-0.2, 0) is 26.2 Å². The van der Waals surface area contributed by atoms with Crippen LogP contribution in [0.2, 0.25) is 0 Å². The SMILES string of the molecule is CCNC(=O)[C@H](C)N(Cc1ccccc1C)C(=O)CN(C)S(=O)(=O)c1ccc2ccccc2c1. The van der Waals surface area contributed by atoms with Crippen LogP contribution >= 0.6 is 0 Å². The summed E-state index contributed by atoms with van der Waals surface area (Å²) in [7, 11) is -2.53. The van der Waals surface area contributed by atoms with Crippen molar-refractivity contribution in [1.29, 1.82) is 0 Å². The van der Waals surface area contributed by atoms with E-state index in [-0.39, 0.29) is 23.9 Å². The van der Waals surface area contributed by atoms with Gasteiger partial charge in [-0.05, 0) is 54.8 Å². The van der Waals surface area contributed by atoms with E-state index in [1.54, 1.807) is 25.1 Å². The van der Waals surface area contributed by atoms with Gasteiger partial charge in [-0.15, -0.1) is 0 Å². The molecule has 7 nitrogen and oxygen atoms in total. The third-order valence-electron chi connectivity index (χ3n) is 5.91. The minimum Gasteiger partial charge on any atom is -0.355 e. The minimum absolute atomic E-state index is 0.115. The molecular formula is C26H31N3O4S. The molecule has 0 saturated heterocycles. The third-order valence-corrected chi connectivity index (χ3v) is 7.71. The van der Waals surface area contributed by atoms with Crippen LogP contribution in [-0.4, -0.2) is 55.6 Å². The van der Waals surface area contributed by atoms with Crippen molar-refractivity contribution in [3.05, 3.63) is 77.9 Å². The summed E-state index contributed by atoms with van der Waals surface area (Å²) in [6, 6.07) is 19.2. The van der Waals surface area contributed by atoms with Crippen molar-refractivity contribution in [2.75, 3.05) is 20.1 Å². The van der Waals surface area contributed by atoms with E-state index >= 15 is 0 Å². The van der Waals surface area contributed by atoms with Gasteiger partial charge in [-0.3, -0.25) is 9.59 Å². The van der Waals surface area contributed by atoms with Gasteiger partial charge in [0.2, 0.25) is 21.8 Å². The van der Waals surface area contributed by atoms with Crippen LogP contribution in [0.5, 0.6) is 0 Å². The highest BCUT2D eigenvalue weighted by Gasteiger charge is 2.30. The van der Waals surface area contributed by atoms with Crippen molar-refractivity contribution in [1.82, 2.24) is 14.5 Å². The summed E-state index contributed by atoms with van der Waals surface area (Å²) in [5.41, 5.74) is 1.88. The molecule has 3 rings (SSSR count). The van der Waals surface area contributed by atoms with Crippen LogP contribution < -0.4 is 5.32 Å². The standard InChI is InChI=1S/C26H31N3O4S/c1-5-27-26(31)20(3)29(17-23-13-7-6-10-19(23)2)25(30)18-28(4)34(32,33)24-15-14-21-11-8-9-12-22(21)16-24/h6-16,20H,5,17-18H2,1-4H3,(H,27,31)/t20-/m0/s1. The van der Waals surface area contributed by atoms with E-state index in [2.05, 4.69) is 5.32 Å². The third kappa shape index (κ3) is 5.63. The number of nitrogens with one attached hydrogen (secondary N) is 1. The Hall–Kier alpha value is -3.23. The zero-order chi connectivity index (χ0) is 24.9. The maximum absolute atomic E-state index is 13.3. The van der Waals surface area contributed by atoms with Crippen molar-refractivity contribution >= 4 is 32.6 Å². The molecule has 0 saturated carbocycles. The number of likely N-dealkylation sites (N-methyl/N-ethyl adjacent to an activating group) is 2. The number of amides is 2. The normalized spacial score (nSPS) is 12.5. The fourth-order valence-electron chi connectivity index (χ4n) is 3.75. The average molecular weight is 482 g/mol. The predicted molar refractivity (Wildman–Crippen MR) is 134 cm³/mol. The molecule has 8 heteroatoms. The molecule has 0 aromatic heterocycles. The van der Waals surface area contributed by atoms with Crippen molar-refractivity contribution in [2.45, 2.75) is 38.3 Å². The molecule has 0 spiro atoms. The van der Waals surface area contributed by atoms with E-state index in [1.165, 1.54) is 11.9 Å². The van der Waals surface area contributed by atoms with E-state index in [0.29, 0.717) is 6.54 Å². The van der Waals surface area contributed by atoms with Crippen molar-refractivity contribution in [3.63, 3.8) is 0 Å². The maximum Gasteiger partial charge on any atom is 0.243 e. The summed E-state index contributed by atoms with van der Waals surface area (Å²) in [6.07, 6.45) is 0. The van der Waals surface area contributed by atoms with Gasteiger partial charge in [-0.2, -0.15) is 4.31 Å². The summed E-state index contributed by atoms with van der Waals surface area (Å²) >= 11 is 0. The molecule has 34 heavy (non-hydrogen) atoms. The largest absolute Gasteiger partial charge is 0.355 e. The van der Waals surface area contributed by atoms with E-state index < -0.39 is 22.0 Å². The van der Waals surface area contributed by atoms with Crippen molar-refractivity contribution < 1.29 is 18.0 Å². The fraction of sp³-hybridized carbons (Fsp3) is 0.308. The molecule has 3 aromatic carbocycles. The van der Waals surface area contributed by atoms with Gasteiger partial charge in [0.1, 0.15) is 6.04 Å². The lowest BCUT2D eigenvalue weighted by Gasteiger charge is -2.30. The molecule has 3 aromatic rings. The number of benzene rings is 3. The lowest BCUT2D eigenvalue weighted by molar-refractivity contribution is -0.140. The minimum atomic E-state index is -3.91. The van der Waals surface area contributed by atoms with Crippen molar-refractivity contribution in [3.8, 4) is 0 Å². The maximum atomic E-state index is 13.3. The molecule has 0 aliphatic rings. The zero-order valence-electron chi connectivity index (χ0n) is 20.0. The van der Waals surface area contributed by atoms with Crippen LogP contribution in [0.3, 0.4) is 0 Å². The Morgan fingerprint density at radius 2 is 1.62 bits per heavy atom. The summed E-state index contributed by atoms with van der Waals surface area (Å²) < 4.78 is 27.5. The van der Waals surface area contributed by atoms with Crippen LogP contribution in [0, 0.1) is 6.92 Å². The lowest BCUT2D eigenvalue weighted by atomic mass is 10.1. The number of sulfonamides is 1. The molecule has 0 aliphatic heterocycles. The second-order valence-corrected chi connectivity index (χ2v) is 10.3. The number of hydrogen-bond donors (Lipinski definition) is 1. The molecule has 0 unspecified atom stereocenters. The lowest BCUT2D eigenvalue weighted by Crippen LogP contribution is -2.50. The monoisotopic (exact) mass is 481 g/mol. The van der Waals surface area contributed by atoms with Crippen molar-refractivity contribution in [2.24, 2.45) is 0 Å². The first-order chi connectivity index (χ1) is 16.1. The van der Waals surface area contributed by atoms with Gasteiger partial charge < -0.3 is 10.2 Å². The first kappa shape index (κ1) is 25.4. The Kier molecular flexibility index (Phi) is 8.06. The Bertz CT molecular complexity index is 1290. The quantitative estimate of drug-likeness (QED) is 0.508. The second-order valence-electron chi connectivity index (χ2n) is 8.29. The number of fused-ring (bicyclic) bond motifs is 1. The van der Waals surface area contributed by atoms with Crippen LogP contribution in [0.25, 0.3) is 10.8 Å². The highest BCUT2D eigenvalue weighted by molar-refractivity contribution is 7.89. The first-order valence-electron chi connectivity index (χ1n) is 11.2. The van der Waals surface area contributed by atoms with Gasteiger partial charge in [0.25, 0.3) is 0 Å². The highest BCUT2D eigenvalue weighted by Crippen LogP contribution is 2.22. The highest BCUT2D eigenvalue weighted by atomic mass is 32.2. The molecule has 0 fully saturated rings. The number of rotatable bonds is 9. The van der Waals surface area contributed by atoms with Crippen LogP contribution in [0.15, 0.2) is 71.6 Å². The van der Waals surface area contributed by atoms with E-state index in [0.717, 1.165) is 26.2 Å². The predicted octanol–water partition coefficient (Wildman–Crippen LogP) is 3.32. The molecule has 180 valence electrons. The fourth-order valence-corrected chi connectivity index (χ4v) is 4.91. The summed E-state index contributed by atoms with van der Waals surface area (Å²) in [4.78, 5) is 27.5. The van der Waals surface area contributed by atoms with Gasteiger partial charge in [-0.1, -0.05) is 54.6 Å². The van der Waals surface area contributed by atoms with Gasteiger partial charge in [0, 0.05) is 20.1 Å². The molecule has 2 amide bonds. The van der Waals surface area contributed by atoms with Gasteiger partial charge in [-0.25, -0.2) is 8.42 Å². The summed E-state index contributed by atoms with van der Waals surface area (Å²) in [5.74, 6) is -0.738. The average Bonchev–Trinajstić information content (AvgIpc) is 2.82. The number of carbonyl (C=O) groups excluding carboxylic acids is 2. The van der Waals surface area contributed by atoms with Crippen LogP contribution in [0.4, 0.5) is 0 Å². The van der Waals surface area contributed by atoms with Gasteiger partial charge >= 0.3 is 0 Å². The van der Waals surface area contributed by atoms with Gasteiger partial charge in [0.15, 0.2) is 0 Å². The van der Waals surface area contributed by atoms with E-state index in [9.17, 15) is 18.0 Å². The molecule has 0 radical (unpaired) electrons. The van der Waals surface area contributed by atoms with E-state index in [4.69, 9.17) is 0 Å². The number of carbonyl (C=O) groups is 2. The number of hydrogen-bond acceptors (Lipinski definition) is 4. The molecule has 0 heterocycles. The Morgan fingerprint density at radius 3 is 2.29 bits per heavy atom. The molecule has 0 aliphatic carbocycles. The smallest absolute Gasteiger partial charge is 0.243 e. The van der Waals surface area contributed by atoms with Gasteiger partial charge in [0.05, 0.1) is 11.4 Å². The molecule has 0 bridgehead atoms. The Balaban J connectivity index is 1.86. The topological polar surface area (TPSA) is 86.8 Å². The first-order valence-corrected chi connectivity index (χ1v) is 12.7. The number of nitrogens with zero attached hydrogens (tertiary/aromatic N) is 2.